The highest BCUT2D eigenvalue weighted by molar-refractivity contribution is 5.94. The summed E-state index contributed by atoms with van der Waals surface area (Å²) in [7, 11) is 0. The zero-order valence-electron chi connectivity index (χ0n) is 18.6. The molecule has 0 radical (unpaired) electrons. The maximum absolute atomic E-state index is 13.0. The molecule has 2 heterocycles. The van der Waals surface area contributed by atoms with E-state index in [1.807, 2.05) is 0 Å². The number of aliphatic hydroxyl groups excluding tert-OH is 1. The number of carboxylic acid groups (broad SMARTS) is 2. The summed E-state index contributed by atoms with van der Waals surface area (Å²) in [6.07, 6.45) is 2.01. The average molecular weight is 482 g/mol. The first-order valence-electron chi connectivity index (χ1n) is 10.8. The molecule has 1 aliphatic rings. The third-order valence-electron chi connectivity index (χ3n) is 5.31. The maximum atomic E-state index is 13.0. The number of amides is 3. The van der Waals surface area contributed by atoms with E-state index in [0.29, 0.717) is 18.7 Å². The highest BCUT2D eigenvalue weighted by Crippen LogP contribution is 2.08. The summed E-state index contributed by atoms with van der Waals surface area (Å²) < 4.78 is 0. The van der Waals surface area contributed by atoms with Gasteiger partial charge < -0.3 is 41.6 Å². The number of aliphatic carboxylic acids is 2. The number of carbonyl (C=O) groups excluding carboxylic acids is 3. The van der Waals surface area contributed by atoms with E-state index in [4.69, 9.17) is 5.11 Å². The number of nitrogens with zero attached hydrogens (tertiary/aromatic N) is 1. The summed E-state index contributed by atoms with van der Waals surface area (Å²) in [5, 5.41) is 38.2. The maximum Gasteiger partial charge on any atom is 0.326 e. The van der Waals surface area contributed by atoms with Gasteiger partial charge in [-0.1, -0.05) is 0 Å². The SMILES string of the molecule is CC(O)C(NC(=O)C(Cc1cnc[nH]1)NC(=O)C1CCCN1)C(=O)NC(CCC(=O)O)C(=O)O. The van der Waals surface area contributed by atoms with Crippen LogP contribution in [0.4, 0.5) is 0 Å². The van der Waals surface area contributed by atoms with Crippen molar-refractivity contribution in [3.63, 3.8) is 0 Å². The summed E-state index contributed by atoms with van der Waals surface area (Å²) in [6.45, 7) is 1.90. The van der Waals surface area contributed by atoms with Gasteiger partial charge in [0, 0.05) is 24.7 Å². The molecule has 0 saturated carbocycles. The van der Waals surface area contributed by atoms with Crippen molar-refractivity contribution in [3.05, 3.63) is 18.2 Å². The topological polar surface area (TPSA) is 223 Å². The molecule has 188 valence electrons. The van der Waals surface area contributed by atoms with Crippen molar-refractivity contribution in [2.45, 2.75) is 69.3 Å². The largest absolute Gasteiger partial charge is 0.481 e. The van der Waals surface area contributed by atoms with E-state index in [-0.39, 0.29) is 12.8 Å². The van der Waals surface area contributed by atoms with Gasteiger partial charge in [0.15, 0.2) is 0 Å². The second-order valence-corrected chi connectivity index (χ2v) is 8.05. The van der Waals surface area contributed by atoms with Gasteiger partial charge in [0.1, 0.15) is 18.1 Å². The first-order valence-corrected chi connectivity index (χ1v) is 10.8. The third kappa shape index (κ3) is 8.12. The molecule has 14 heteroatoms. The van der Waals surface area contributed by atoms with Crippen LogP contribution < -0.4 is 21.3 Å². The van der Waals surface area contributed by atoms with Gasteiger partial charge in [-0.15, -0.1) is 0 Å². The van der Waals surface area contributed by atoms with Crippen LogP contribution in [0.3, 0.4) is 0 Å². The number of aromatic amines is 1. The molecule has 5 unspecified atom stereocenters. The van der Waals surface area contributed by atoms with Gasteiger partial charge in [-0.05, 0) is 32.7 Å². The fourth-order valence-electron chi connectivity index (χ4n) is 3.45. The molecule has 1 aromatic rings. The molecule has 1 fully saturated rings. The number of hydrogen-bond donors (Lipinski definition) is 8. The first kappa shape index (κ1) is 26.7. The molecule has 2 rings (SSSR count). The Morgan fingerprint density at radius 2 is 1.85 bits per heavy atom. The van der Waals surface area contributed by atoms with Crippen molar-refractivity contribution in [2.75, 3.05) is 6.54 Å². The lowest BCUT2D eigenvalue weighted by atomic mass is 10.1. The van der Waals surface area contributed by atoms with Gasteiger partial charge >= 0.3 is 11.9 Å². The standard InChI is InChI=1S/C20H30N6O8/c1-10(27)16(19(32)24-13(20(33)34)4-5-15(28)29)26-18(31)14(7-11-8-21-9-23-11)25-17(30)12-3-2-6-22-12/h8-10,12-14,16,22,27H,2-7H2,1H3,(H,21,23)(H,24,32)(H,25,30)(H,26,31)(H,28,29)(H,33,34). The highest BCUT2D eigenvalue weighted by Gasteiger charge is 2.33. The van der Waals surface area contributed by atoms with Crippen LogP contribution in [0, 0.1) is 0 Å². The van der Waals surface area contributed by atoms with Gasteiger partial charge in [-0.2, -0.15) is 0 Å². The van der Waals surface area contributed by atoms with Crippen molar-refractivity contribution >= 4 is 29.7 Å². The van der Waals surface area contributed by atoms with Crippen LogP contribution in [0.1, 0.15) is 38.3 Å². The number of nitrogens with one attached hydrogen (secondary N) is 5. The van der Waals surface area contributed by atoms with Crippen LogP contribution in [0.2, 0.25) is 0 Å². The second kappa shape index (κ2) is 12.6. The second-order valence-electron chi connectivity index (χ2n) is 8.05. The molecule has 8 N–H and O–H groups in total. The van der Waals surface area contributed by atoms with Crippen LogP contribution in [0.25, 0.3) is 0 Å². The van der Waals surface area contributed by atoms with E-state index in [9.17, 15) is 34.2 Å². The van der Waals surface area contributed by atoms with Crippen molar-refractivity contribution < 1.29 is 39.3 Å². The molecule has 5 atom stereocenters. The van der Waals surface area contributed by atoms with Crippen molar-refractivity contribution in [2.24, 2.45) is 0 Å². The van der Waals surface area contributed by atoms with Crippen LogP contribution in [-0.2, 0) is 30.4 Å². The van der Waals surface area contributed by atoms with Crippen molar-refractivity contribution in [1.82, 2.24) is 31.2 Å². The molecule has 1 saturated heterocycles. The minimum Gasteiger partial charge on any atom is -0.481 e. The molecule has 0 aliphatic carbocycles. The number of hydrogen-bond acceptors (Lipinski definition) is 8. The van der Waals surface area contributed by atoms with Crippen LogP contribution in [0.5, 0.6) is 0 Å². The fourth-order valence-corrected chi connectivity index (χ4v) is 3.45. The number of rotatable bonds is 13. The monoisotopic (exact) mass is 482 g/mol. The molecule has 3 amide bonds. The Labute approximate surface area is 194 Å². The number of imidazole rings is 1. The Morgan fingerprint density at radius 1 is 1.12 bits per heavy atom. The average Bonchev–Trinajstić information content (AvgIpc) is 3.47. The smallest absolute Gasteiger partial charge is 0.326 e. The quantitative estimate of drug-likeness (QED) is 0.147. The summed E-state index contributed by atoms with van der Waals surface area (Å²) in [6, 6.07) is -4.66. The zero-order valence-corrected chi connectivity index (χ0v) is 18.6. The fraction of sp³-hybridized carbons (Fsp3) is 0.600. The Bertz CT molecular complexity index is 868. The van der Waals surface area contributed by atoms with E-state index in [1.54, 1.807) is 0 Å². The van der Waals surface area contributed by atoms with E-state index in [1.165, 1.54) is 19.4 Å². The summed E-state index contributed by atoms with van der Waals surface area (Å²) >= 11 is 0. The Morgan fingerprint density at radius 3 is 2.38 bits per heavy atom. The Balaban J connectivity index is 2.11. The van der Waals surface area contributed by atoms with Crippen molar-refractivity contribution in [1.29, 1.82) is 0 Å². The number of H-pyrrole nitrogens is 1. The van der Waals surface area contributed by atoms with E-state index in [2.05, 4.69) is 31.2 Å². The van der Waals surface area contributed by atoms with Crippen LogP contribution >= 0.6 is 0 Å². The number of carboxylic acids is 2. The number of aliphatic hydroxyl groups is 1. The molecule has 0 bridgehead atoms. The predicted molar refractivity (Wildman–Crippen MR) is 115 cm³/mol. The molecular weight excluding hydrogens is 452 g/mol. The molecule has 0 aromatic carbocycles. The molecule has 1 aliphatic heterocycles. The summed E-state index contributed by atoms with van der Waals surface area (Å²) in [5.41, 5.74) is 0.539. The minimum absolute atomic E-state index is 0.0226. The predicted octanol–water partition coefficient (Wildman–Crippen LogP) is -2.51. The van der Waals surface area contributed by atoms with Gasteiger partial charge in [0.05, 0.1) is 18.5 Å². The van der Waals surface area contributed by atoms with Gasteiger partial charge in [-0.25, -0.2) is 9.78 Å². The Hall–Kier alpha value is -3.52. The zero-order chi connectivity index (χ0) is 25.3. The molecular formula is C20H30N6O8. The van der Waals surface area contributed by atoms with Crippen LogP contribution in [-0.4, -0.2) is 91.8 Å². The normalized spacial score (nSPS) is 18.8. The Kier molecular flexibility index (Phi) is 9.94. The third-order valence-corrected chi connectivity index (χ3v) is 5.31. The van der Waals surface area contributed by atoms with E-state index < -0.39 is 66.4 Å². The van der Waals surface area contributed by atoms with Crippen molar-refractivity contribution in [3.8, 4) is 0 Å². The number of carbonyl (C=O) groups is 5. The molecule has 0 spiro atoms. The van der Waals surface area contributed by atoms with E-state index >= 15 is 0 Å². The lowest BCUT2D eigenvalue weighted by molar-refractivity contribution is -0.144. The summed E-state index contributed by atoms with van der Waals surface area (Å²) in [4.78, 5) is 67.0. The van der Waals surface area contributed by atoms with Gasteiger partial charge in [0.25, 0.3) is 0 Å². The first-order chi connectivity index (χ1) is 16.1. The highest BCUT2D eigenvalue weighted by atomic mass is 16.4. The molecule has 34 heavy (non-hydrogen) atoms. The number of aromatic nitrogens is 2. The van der Waals surface area contributed by atoms with Gasteiger partial charge in [0.2, 0.25) is 17.7 Å². The molecule has 1 aromatic heterocycles. The lowest BCUT2D eigenvalue weighted by Gasteiger charge is -2.26. The molecule has 14 nitrogen and oxygen atoms in total. The van der Waals surface area contributed by atoms with E-state index in [0.717, 1.165) is 6.42 Å². The van der Waals surface area contributed by atoms with Crippen LogP contribution in [0.15, 0.2) is 12.5 Å². The lowest BCUT2D eigenvalue weighted by Crippen LogP contribution is -2.60. The minimum atomic E-state index is -1.55. The van der Waals surface area contributed by atoms with Gasteiger partial charge in [-0.3, -0.25) is 19.2 Å². The summed E-state index contributed by atoms with van der Waals surface area (Å²) in [5.74, 6) is -4.88.